The molecule has 292 valence electrons. The van der Waals surface area contributed by atoms with Crippen LogP contribution in [0.1, 0.15) is 170 Å². The Morgan fingerprint density at radius 1 is 0.712 bits per heavy atom. The first-order chi connectivity index (χ1) is 23.4. The Morgan fingerprint density at radius 2 is 1.06 bits per heavy atom. The van der Waals surface area contributed by atoms with Gasteiger partial charge in [0, 0.05) is 36.8 Å². The fourth-order valence-corrected chi connectivity index (χ4v) is 7.86. The molecule has 1 saturated heterocycles. The van der Waals surface area contributed by atoms with Crippen LogP contribution >= 0.6 is 0 Å². The van der Waals surface area contributed by atoms with Gasteiger partial charge in [-0.2, -0.15) is 0 Å². The number of esters is 2. The fourth-order valence-electron chi connectivity index (χ4n) is 7.86. The van der Waals surface area contributed by atoms with Crippen LogP contribution in [0, 0.1) is 5.92 Å². The molecule has 0 amide bonds. The number of carbonyl (C=O) groups is 2. The quantitative estimate of drug-likeness (QED) is 0.249. The topological polar surface area (TPSA) is 96.3 Å². The maximum Gasteiger partial charge on any atom is 0.307 e. The normalized spacial score (nSPS) is 20.8. The van der Waals surface area contributed by atoms with E-state index in [4.69, 9.17) is 9.47 Å². The van der Waals surface area contributed by atoms with Crippen molar-refractivity contribution in [3.63, 3.8) is 0 Å². The van der Waals surface area contributed by atoms with E-state index in [-0.39, 0.29) is 64.5 Å². The van der Waals surface area contributed by atoms with Gasteiger partial charge in [0.25, 0.3) is 0 Å². The minimum atomic E-state index is -0.463. The van der Waals surface area contributed by atoms with Gasteiger partial charge >= 0.3 is 11.9 Å². The van der Waals surface area contributed by atoms with E-state index in [0.717, 1.165) is 33.4 Å². The lowest BCUT2D eigenvalue weighted by Gasteiger charge is -2.53. The Balaban J connectivity index is 1.67. The molecule has 7 nitrogen and oxygen atoms in total. The van der Waals surface area contributed by atoms with Crippen molar-refractivity contribution in [2.24, 2.45) is 5.92 Å². The molecule has 0 aromatic heterocycles. The van der Waals surface area contributed by atoms with Crippen LogP contribution in [0.15, 0.2) is 24.3 Å². The number of aromatic hydroxyl groups is 2. The molecule has 3 rings (SSSR count). The van der Waals surface area contributed by atoms with E-state index in [1.165, 1.54) is 0 Å². The molecule has 52 heavy (non-hydrogen) atoms. The second-order valence-corrected chi connectivity index (χ2v) is 20.2. The van der Waals surface area contributed by atoms with E-state index in [2.05, 4.69) is 116 Å². The van der Waals surface area contributed by atoms with Gasteiger partial charge in [0.15, 0.2) is 6.23 Å². The minimum absolute atomic E-state index is 0.00841. The molecular formula is C45H71NO6. The molecule has 7 heteroatoms. The molecule has 1 aliphatic rings. The number of benzene rings is 2. The predicted molar refractivity (Wildman–Crippen MR) is 212 cm³/mol. The molecule has 1 heterocycles. The highest BCUT2D eigenvalue weighted by Crippen LogP contribution is 2.42. The number of phenolic OH excluding ortho intramolecular Hbond substituents is 2. The number of ether oxygens (including phenoxy) is 2. The average Bonchev–Trinajstić information content (AvgIpc) is 2.96. The molecule has 2 N–H and O–H groups in total. The summed E-state index contributed by atoms with van der Waals surface area (Å²) in [6, 6.07) is 8.10. The number of rotatable bonds is 9. The van der Waals surface area contributed by atoms with Gasteiger partial charge in [-0.1, -0.05) is 114 Å². The van der Waals surface area contributed by atoms with Gasteiger partial charge in [0.05, 0.1) is 0 Å². The number of likely N-dealkylation sites (tertiary alicyclic amines) is 1. The van der Waals surface area contributed by atoms with E-state index in [1.807, 2.05) is 31.2 Å². The molecule has 1 aliphatic heterocycles. The van der Waals surface area contributed by atoms with Crippen LogP contribution in [0.4, 0.5) is 0 Å². The van der Waals surface area contributed by atoms with Gasteiger partial charge in [-0.3, -0.25) is 14.5 Å². The van der Waals surface area contributed by atoms with E-state index >= 15 is 0 Å². The molecule has 0 spiro atoms. The average molecular weight is 722 g/mol. The summed E-state index contributed by atoms with van der Waals surface area (Å²) in [6.45, 7) is 35.5. The molecule has 0 radical (unpaired) electrons. The van der Waals surface area contributed by atoms with Crippen LogP contribution < -0.4 is 0 Å². The van der Waals surface area contributed by atoms with Gasteiger partial charge < -0.3 is 19.7 Å². The molecule has 2 aromatic rings. The summed E-state index contributed by atoms with van der Waals surface area (Å²) in [5, 5.41) is 22.2. The maximum atomic E-state index is 13.3. The summed E-state index contributed by atoms with van der Waals surface area (Å²) in [5.41, 5.74) is 4.22. The van der Waals surface area contributed by atoms with E-state index in [9.17, 15) is 19.8 Å². The van der Waals surface area contributed by atoms with Crippen LogP contribution in [0.25, 0.3) is 0 Å². The molecule has 0 saturated carbocycles. The summed E-state index contributed by atoms with van der Waals surface area (Å²) in [5.74, 6) is 0.202. The smallest absolute Gasteiger partial charge is 0.307 e. The Morgan fingerprint density at radius 3 is 1.40 bits per heavy atom. The van der Waals surface area contributed by atoms with Crippen LogP contribution in [-0.4, -0.2) is 51.0 Å². The van der Waals surface area contributed by atoms with Crippen molar-refractivity contribution < 1.29 is 29.3 Å². The number of hydrogen-bond acceptors (Lipinski definition) is 7. The maximum absolute atomic E-state index is 13.3. The van der Waals surface area contributed by atoms with Crippen molar-refractivity contribution in [2.75, 3.05) is 0 Å². The molecule has 2 aromatic carbocycles. The van der Waals surface area contributed by atoms with Gasteiger partial charge in [-0.25, -0.2) is 0 Å². The third kappa shape index (κ3) is 10.3. The number of aryl methyl sites for hydroxylation is 2. The van der Waals surface area contributed by atoms with Gasteiger partial charge in [-0.05, 0) is 95.6 Å². The summed E-state index contributed by atoms with van der Waals surface area (Å²) in [6.07, 6.45) is 1.42. The van der Waals surface area contributed by atoms with Gasteiger partial charge in [0.2, 0.25) is 0 Å². The van der Waals surface area contributed by atoms with Crippen molar-refractivity contribution in [1.82, 2.24) is 4.90 Å². The lowest BCUT2D eigenvalue weighted by molar-refractivity contribution is -0.189. The second-order valence-electron chi connectivity index (χ2n) is 20.2. The number of phenols is 2. The summed E-state index contributed by atoms with van der Waals surface area (Å²) >= 11 is 0. The highest BCUT2D eigenvalue weighted by Gasteiger charge is 2.47. The standard InChI is InChI=1S/C45H71NO6/c1-27-28(2)46(29(3)51-37(47)20-18-30-22-32(41(4,5)6)39(49)33(23-30)42(7,8)9)45(16,17)26-36(27)52-38(48)21-19-31-24-34(43(10,11)12)40(50)35(25-31)44(13,14)15/h22-25,27-29,36,49-50H,18-21,26H2,1-17H3. The number of piperidine rings is 1. The summed E-state index contributed by atoms with van der Waals surface area (Å²) in [4.78, 5) is 28.9. The zero-order chi connectivity index (χ0) is 39.9. The highest BCUT2D eigenvalue weighted by molar-refractivity contribution is 5.70. The first-order valence-corrected chi connectivity index (χ1v) is 19.4. The van der Waals surface area contributed by atoms with Crippen molar-refractivity contribution >= 4 is 11.9 Å². The first kappa shape index (κ1) is 43.3. The van der Waals surface area contributed by atoms with Crippen LogP contribution in [0.2, 0.25) is 0 Å². The van der Waals surface area contributed by atoms with Crippen LogP contribution in [0.3, 0.4) is 0 Å². The molecule has 0 aliphatic carbocycles. The van der Waals surface area contributed by atoms with E-state index < -0.39 is 11.8 Å². The van der Waals surface area contributed by atoms with Crippen molar-refractivity contribution in [1.29, 1.82) is 0 Å². The van der Waals surface area contributed by atoms with Crippen molar-refractivity contribution in [3.8, 4) is 11.5 Å². The van der Waals surface area contributed by atoms with Crippen LogP contribution in [0.5, 0.6) is 11.5 Å². The fraction of sp³-hybridized carbons (Fsp3) is 0.689. The van der Waals surface area contributed by atoms with Gasteiger partial charge in [-0.15, -0.1) is 0 Å². The van der Waals surface area contributed by atoms with Gasteiger partial charge in [0.1, 0.15) is 17.6 Å². The predicted octanol–water partition coefficient (Wildman–Crippen LogP) is 10.2. The molecule has 1 fully saturated rings. The van der Waals surface area contributed by atoms with Crippen molar-refractivity contribution in [3.05, 3.63) is 57.6 Å². The number of nitrogens with zero attached hydrogens (tertiary/aromatic N) is 1. The second kappa shape index (κ2) is 15.4. The lowest BCUT2D eigenvalue weighted by Crippen LogP contribution is -2.63. The van der Waals surface area contributed by atoms with E-state index in [1.54, 1.807) is 0 Å². The highest BCUT2D eigenvalue weighted by atomic mass is 16.6. The largest absolute Gasteiger partial charge is 0.507 e. The third-order valence-corrected chi connectivity index (χ3v) is 11.0. The molecule has 4 unspecified atom stereocenters. The molecule has 4 atom stereocenters. The number of hydrogen-bond donors (Lipinski definition) is 2. The lowest BCUT2D eigenvalue weighted by atomic mass is 9.78. The Kier molecular flexibility index (Phi) is 12.8. The van der Waals surface area contributed by atoms with Crippen molar-refractivity contribution in [2.45, 2.75) is 195 Å². The number of carbonyl (C=O) groups excluding carboxylic acids is 2. The Labute approximate surface area is 315 Å². The summed E-state index contributed by atoms with van der Waals surface area (Å²) in [7, 11) is 0. The third-order valence-electron chi connectivity index (χ3n) is 11.0. The molecular weight excluding hydrogens is 650 g/mol. The summed E-state index contributed by atoms with van der Waals surface area (Å²) < 4.78 is 12.3. The monoisotopic (exact) mass is 722 g/mol. The zero-order valence-corrected chi connectivity index (χ0v) is 35.6. The first-order valence-electron chi connectivity index (χ1n) is 19.4. The molecule has 0 bridgehead atoms. The van der Waals surface area contributed by atoms with Crippen LogP contribution in [-0.2, 0) is 53.6 Å². The zero-order valence-electron chi connectivity index (χ0n) is 35.6. The Bertz CT molecular complexity index is 1520. The van der Waals surface area contributed by atoms with E-state index in [0.29, 0.717) is 30.8 Å². The minimum Gasteiger partial charge on any atom is -0.507 e. The SMILES string of the molecule is CC1C(OC(=O)CCc2cc(C(C)(C)C)c(O)c(C(C)(C)C)c2)CC(C)(C)N(C(C)OC(=O)CCc2cc(C(C)(C)C)c(O)c(C(C)(C)C)c2)C1C. The Hall–Kier alpha value is -3.06.